The van der Waals surface area contributed by atoms with Crippen LogP contribution in [0.4, 0.5) is 4.39 Å². The second-order valence-corrected chi connectivity index (χ2v) is 2.87. The van der Waals surface area contributed by atoms with Crippen molar-refractivity contribution in [1.82, 2.24) is 0 Å². The number of alkyl halides is 2. The maximum Gasteiger partial charge on any atom is 0.354 e. The molecule has 0 unspecified atom stereocenters. The lowest BCUT2D eigenvalue weighted by atomic mass is 10.5. The first-order valence-corrected chi connectivity index (χ1v) is 2.74. The number of halogens is 2. The van der Waals surface area contributed by atoms with Crippen molar-refractivity contribution in [1.29, 1.82) is 0 Å². The Bertz CT molecular complexity index is 96.7. The van der Waals surface area contributed by atoms with Crippen LogP contribution in [-0.2, 0) is 9.53 Å². The average molecular weight is 185 g/mol. The third-order valence-corrected chi connectivity index (χ3v) is 0.868. The van der Waals surface area contributed by atoms with Crippen molar-refractivity contribution in [3.05, 3.63) is 0 Å². The summed E-state index contributed by atoms with van der Waals surface area (Å²) in [6.07, 6.45) is 0. The standard InChI is InChI=1S/C4H6BrFO2/c1-4(5,6)3(7)8-2/h1-2H3/t4-/m1/s1. The van der Waals surface area contributed by atoms with Crippen LogP contribution in [-0.4, -0.2) is 17.7 Å². The fraction of sp³-hybridized carbons (Fsp3) is 0.750. The summed E-state index contributed by atoms with van der Waals surface area (Å²) in [7, 11) is 1.13. The van der Waals surface area contributed by atoms with E-state index in [1.807, 2.05) is 0 Å². The maximum absolute atomic E-state index is 12.2. The highest BCUT2D eigenvalue weighted by molar-refractivity contribution is 9.10. The van der Waals surface area contributed by atoms with Gasteiger partial charge in [-0.15, -0.1) is 0 Å². The molecule has 0 fully saturated rings. The highest BCUT2D eigenvalue weighted by atomic mass is 79.9. The second-order valence-electron chi connectivity index (χ2n) is 1.38. The van der Waals surface area contributed by atoms with Crippen molar-refractivity contribution in [3.8, 4) is 0 Å². The summed E-state index contributed by atoms with van der Waals surface area (Å²) >= 11 is 2.46. The van der Waals surface area contributed by atoms with E-state index in [2.05, 4.69) is 20.7 Å². The molecule has 0 aliphatic carbocycles. The Balaban J connectivity index is 3.82. The topological polar surface area (TPSA) is 26.3 Å². The summed E-state index contributed by atoms with van der Waals surface area (Å²) in [5, 5.41) is 0. The van der Waals surface area contributed by atoms with Gasteiger partial charge in [-0.25, -0.2) is 9.18 Å². The number of esters is 1. The molecule has 0 aliphatic heterocycles. The van der Waals surface area contributed by atoms with E-state index in [1.54, 1.807) is 0 Å². The fourth-order valence-electron chi connectivity index (χ4n) is 0.179. The molecule has 0 aromatic rings. The van der Waals surface area contributed by atoms with E-state index in [9.17, 15) is 9.18 Å². The van der Waals surface area contributed by atoms with Crippen molar-refractivity contribution < 1.29 is 13.9 Å². The average Bonchev–Trinajstić information content (AvgIpc) is 1.62. The largest absolute Gasteiger partial charge is 0.466 e. The fourth-order valence-corrected chi connectivity index (χ4v) is 0.341. The third-order valence-electron chi connectivity index (χ3n) is 0.544. The summed E-state index contributed by atoms with van der Waals surface area (Å²) in [4.78, 5) is 10.2. The van der Waals surface area contributed by atoms with Crippen molar-refractivity contribution in [3.63, 3.8) is 0 Å². The molecule has 0 saturated heterocycles. The zero-order valence-electron chi connectivity index (χ0n) is 4.57. The van der Waals surface area contributed by atoms with E-state index < -0.39 is 10.5 Å². The molecule has 0 saturated carbocycles. The monoisotopic (exact) mass is 184 g/mol. The van der Waals surface area contributed by atoms with Crippen LogP contribution in [0.5, 0.6) is 0 Å². The number of methoxy groups -OCH3 is 1. The summed E-state index contributed by atoms with van der Waals surface area (Å²) < 4.78 is 14.2. The number of ether oxygens (including phenoxy) is 1. The van der Waals surface area contributed by atoms with Gasteiger partial charge in [0, 0.05) is 0 Å². The van der Waals surface area contributed by atoms with Crippen LogP contribution >= 0.6 is 15.9 Å². The Morgan fingerprint density at radius 1 is 1.88 bits per heavy atom. The minimum absolute atomic E-state index is 0.919. The van der Waals surface area contributed by atoms with Gasteiger partial charge in [0.1, 0.15) is 0 Å². The van der Waals surface area contributed by atoms with Gasteiger partial charge in [-0.3, -0.25) is 0 Å². The normalized spacial score (nSPS) is 17.0. The zero-order chi connectivity index (χ0) is 6.78. The van der Waals surface area contributed by atoms with E-state index >= 15 is 0 Å². The van der Waals surface area contributed by atoms with Crippen LogP contribution in [0, 0.1) is 0 Å². The van der Waals surface area contributed by atoms with E-state index in [0.717, 1.165) is 14.0 Å². The number of hydrogen-bond acceptors (Lipinski definition) is 2. The van der Waals surface area contributed by atoms with Gasteiger partial charge in [-0.05, 0) is 22.9 Å². The molecule has 1 atom stereocenters. The van der Waals surface area contributed by atoms with E-state index in [4.69, 9.17) is 0 Å². The molecular weight excluding hydrogens is 179 g/mol. The lowest BCUT2D eigenvalue weighted by molar-refractivity contribution is -0.147. The molecule has 0 rings (SSSR count). The molecule has 4 heteroatoms. The van der Waals surface area contributed by atoms with Crippen molar-refractivity contribution in [2.24, 2.45) is 0 Å². The molecule has 0 amide bonds. The van der Waals surface area contributed by atoms with Crippen molar-refractivity contribution in [2.45, 2.75) is 11.5 Å². The molecule has 2 nitrogen and oxygen atoms in total. The number of carbonyl (C=O) groups is 1. The van der Waals surface area contributed by atoms with Crippen molar-refractivity contribution >= 4 is 21.9 Å². The number of hydrogen-bond donors (Lipinski definition) is 0. The molecule has 0 bridgehead atoms. The van der Waals surface area contributed by atoms with Gasteiger partial charge in [0.2, 0.25) is 0 Å². The van der Waals surface area contributed by atoms with Crippen LogP contribution in [0.3, 0.4) is 0 Å². The van der Waals surface area contributed by atoms with Crippen LogP contribution in [0.1, 0.15) is 6.92 Å². The third kappa shape index (κ3) is 2.26. The van der Waals surface area contributed by atoms with Crippen LogP contribution in [0.15, 0.2) is 0 Å². The first-order chi connectivity index (χ1) is 3.48. The highest BCUT2D eigenvalue weighted by Crippen LogP contribution is 2.19. The molecule has 0 aliphatic rings. The zero-order valence-corrected chi connectivity index (χ0v) is 6.16. The van der Waals surface area contributed by atoms with Crippen LogP contribution in [0.25, 0.3) is 0 Å². The van der Waals surface area contributed by atoms with Crippen LogP contribution < -0.4 is 0 Å². The number of carbonyl (C=O) groups excluding carboxylic acids is 1. The molecule has 0 radical (unpaired) electrons. The molecule has 0 heterocycles. The Kier molecular flexibility index (Phi) is 2.40. The summed E-state index contributed by atoms with van der Waals surface area (Å²) in [6.45, 7) is 1.07. The van der Waals surface area contributed by atoms with E-state index in [0.29, 0.717) is 0 Å². The van der Waals surface area contributed by atoms with Gasteiger partial charge < -0.3 is 4.74 Å². The SMILES string of the molecule is COC(=O)[C@@](C)(F)Br. The quantitative estimate of drug-likeness (QED) is 0.453. The Morgan fingerprint density at radius 3 is 2.25 bits per heavy atom. The summed E-state index contributed by atoms with van der Waals surface area (Å²) in [6, 6.07) is 0. The van der Waals surface area contributed by atoms with Crippen LogP contribution in [0.2, 0.25) is 0 Å². The minimum Gasteiger partial charge on any atom is -0.466 e. The molecule has 0 aromatic heterocycles. The van der Waals surface area contributed by atoms with Gasteiger partial charge in [-0.2, -0.15) is 0 Å². The predicted molar refractivity (Wildman–Crippen MR) is 30.5 cm³/mol. The smallest absolute Gasteiger partial charge is 0.354 e. The Hall–Kier alpha value is -0.120. The predicted octanol–water partition coefficient (Wildman–Crippen LogP) is 1.24. The molecule has 0 N–H and O–H groups in total. The first kappa shape index (κ1) is 7.88. The van der Waals surface area contributed by atoms with Gasteiger partial charge >= 0.3 is 5.97 Å². The molecule has 0 aromatic carbocycles. The lowest BCUT2D eigenvalue weighted by Gasteiger charge is -2.06. The van der Waals surface area contributed by atoms with Gasteiger partial charge in [-0.1, -0.05) is 0 Å². The van der Waals surface area contributed by atoms with Gasteiger partial charge in [0.15, 0.2) is 0 Å². The Morgan fingerprint density at radius 2 is 2.25 bits per heavy atom. The first-order valence-electron chi connectivity index (χ1n) is 1.94. The maximum atomic E-state index is 12.2. The van der Waals surface area contributed by atoms with E-state index in [-0.39, 0.29) is 0 Å². The Labute approximate surface area is 55.1 Å². The van der Waals surface area contributed by atoms with E-state index in [1.165, 1.54) is 0 Å². The van der Waals surface area contributed by atoms with Gasteiger partial charge in [0.25, 0.3) is 4.58 Å². The second kappa shape index (κ2) is 2.44. The molecule has 0 spiro atoms. The highest BCUT2D eigenvalue weighted by Gasteiger charge is 2.29. The number of rotatable bonds is 1. The molecule has 8 heavy (non-hydrogen) atoms. The van der Waals surface area contributed by atoms with Crippen molar-refractivity contribution in [2.75, 3.05) is 7.11 Å². The summed E-state index contributed by atoms with van der Waals surface area (Å²) in [5.74, 6) is -0.919. The minimum atomic E-state index is -2.04. The summed E-state index contributed by atoms with van der Waals surface area (Å²) in [5.41, 5.74) is 0. The molecular formula is C4H6BrFO2. The lowest BCUT2D eigenvalue weighted by Crippen LogP contribution is -2.23. The molecule has 48 valence electrons. The van der Waals surface area contributed by atoms with Gasteiger partial charge in [0.05, 0.1) is 7.11 Å².